The molecule has 2 heteroatoms. The molecule has 0 saturated heterocycles. The first-order valence-corrected chi connectivity index (χ1v) is 15.1. The molecule has 0 atom stereocenters. The van der Waals surface area contributed by atoms with Crippen molar-refractivity contribution in [1.29, 1.82) is 0 Å². The SMILES string of the molecule is CC1(C)c2ccccc2-c2ccc(-c3ccc(-n4c5ccccc5c5ccc6sc7ccccc7c6c54)cc3)cc21. The van der Waals surface area contributed by atoms with Crippen LogP contribution in [-0.4, -0.2) is 4.57 Å². The molecule has 0 bridgehead atoms. The molecule has 0 amide bonds. The first-order chi connectivity index (χ1) is 20.1. The fraction of sp³-hybridized carbons (Fsp3) is 0.0769. The molecule has 0 fully saturated rings. The van der Waals surface area contributed by atoms with Crippen molar-refractivity contribution < 1.29 is 0 Å². The van der Waals surface area contributed by atoms with E-state index in [0.717, 1.165) is 0 Å². The number of hydrogen-bond donors (Lipinski definition) is 0. The summed E-state index contributed by atoms with van der Waals surface area (Å²) in [6, 6.07) is 47.3. The second-order valence-corrected chi connectivity index (χ2v) is 12.8. The van der Waals surface area contributed by atoms with Gasteiger partial charge in [-0.15, -0.1) is 11.3 Å². The van der Waals surface area contributed by atoms with Crippen LogP contribution < -0.4 is 0 Å². The molecular weight excluding hydrogens is 515 g/mol. The Labute approximate surface area is 242 Å². The first kappa shape index (κ1) is 23.1. The van der Waals surface area contributed by atoms with E-state index in [2.05, 4.69) is 146 Å². The van der Waals surface area contributed by atoms with Crippen LogP contribution in [0.4, 0.5) is 0 Å². The summed E-state index contributed by atoms with van der Waals surface area (Å²) in [5.41, 5.74) is 11.8. The Morgan fingerprint density at radius 2 is 1.24 bits per heavy atom. The number of rotatable bonds is 2. The normalized spacial score (nSPS) is 13.8. The smallest absolute Gasteiger partial charge is 0.0634 e. The van der Waals surface area contributed by atoms with Gasteiger partial charge in [-0.3, -0.25) is 0 Å². The van der Waals surface area contributed by atoms with Gasteiger partial charge in [0.1, 0.15) is 0 Å². The van der Waals surface area contributed by atoms with Crippen LogP contribution in [0.5, 0.6) is 0 Å². The molecule has 9 rings (SSSR count). The third-order valence-corrected chi connectivity index (χ3v) is 10.4. The molecule has 1 aliphatic carbocycles. The summed E-state index contributed by atoms with van der Waals surface area (Å²) < 4.78 is 5.14. The summed E-state index contributed by atoms with van der Waals surface area (Å²) in [6.07, 6.45) is 0. The van der Waals surface area contributed by atoms with Crippen molar-refractivity contribution in [3.63, 3.8) is 0 Å². The monoisotopic (exact) mass is 541 g/mol. The molecule has 0 spiro atoms. The molecule has 0 aliphatic heterocycles. The highest BCUT2D eigenvalue weighted by molar-refractivity contribution is 7.26. The highest BCUT2D eigenvalue weighted by Gasteiger charge is 2.35. The fourth-order valence-electron chi connectivity index (χ4n) is 7.22. The van der Waals surface area contributed by atoms with Gasteiger partial charge in [-0.25, -0.2) is 0 Å². The molecule has 194 valence electrons. The van der Waals surface area contributed by atoms with Gasteiger partial charge >= 0.3 is 0 Å². The highest BCUT2D eigenvalue weighted by Crippen LogP contribution is 2.49. The second-order valence-electron chi connectivity index (χ2n) is 11.8. The summed E-state index contributed by atoms with van der Waals surface area (Å²) in [5.74, 6) is 0. The van der Waals surface area contributed by atoms with Crippen LogP contribution in [0.1, 0.15) is 25.0 Å². The van der Waals surface area contributed by atoms with Crippen molar-refractivity contribution >= 4 is 53.3 Å². The number of fused-ring (bicyclic) bond motifs is 10. The van der Waals surface area contributed by atoms with Gasteiger partial charge in [-0.1, -0.05) is 105 Å². The third kappa shape index (κ3) is 3.11. The van der Waals surface area contributed by atoms with E-state index in [1.54, 1.807) is 0 Å². The Kier molecular flexibility index (Phi) is 4.61. The van der Waals surface area contributed by atoms with Gasteiger partial charge in [-0.05, 0) is 69.8 Å². The average Bonchev–Trinajstić information content (AvgIpc) is 3.63. The first-order valence-electron chi connectivity index (χ1n) is 14.3. The zero-order valence-electron chi connectivity index (χ0n) is 23.0. The lowest BCUT2D eigenvalue weighted by Gasteiger charge is -2.22. The molecule has 0 radical (unpaired) electrons. The zero-order valence-corrected chi connectivity index (χ0v) is 23.8. The zero-order chi connectivity index (χ0) is 27.3. The van der Waals surface area contributed by atoms with Gasteiger partial charge in [0.05, 0.1) is 11.0 Å². The molecule has 2 aromatic heterocycles. The fourth-order valence-corrected chi connectivity index (χ4v) is 8.33. The van der Waals surface area contributed by atoms with Crippen LogP contribution in [0.15, 0.2) is 127 Å². The van der Waals surface area contributed by atoms with Crippen LogP contribution in [0.2, 0.25) is 0 Å². The Bertz CT molecular complexity index is 2330. The second kappa shape index (κ2) is 8.19. The molecule has 8 aromatic rings. The molecule has 0 saturated carbocycles. The van der Waals surface area contributed by atoms with E-state index in [1.165, 1.54) is 81.0 Å². The molecule has 41 heavy (non-hydrogen) atoms. The number of benzene rings is 6. The van der Waals surface area contributed by atoms with E-state index >= 15 is 0 Å². The summed E-state index contributed by atoms with van der Waals surface area (Å²) in [6.45, 7) is 4.70. The Balaban J connectivity index is 1.23. The maximum Gasteiger partial charge on any atom is 0.0634 e. The predicted octanol–water partition coefficient (Wildman–Crippen LogP) is 11.1. The standard InChI is InChI=1S/C39H27NS/c1-39(2)32-12-6-3-9-27(32)28-20-17-25(23-33(28)39)24-15-18-26(19-16-24)40-34-13-7-4-10-29(34)30-21-22-36-37(38(30)40)31-11-5-8-14-35(31)41-36/h3-23H,1-2H3. The van der Waals surface area contributed by atoms with Gasteiger partial charge in [0.2, 0.25) is 0 Å². The lowest BCUT2D eigenvalue weighted by atomic mass is 9.81. The number of nitrogens with zero attached hydrogens (tertiary/aromatic N) is 1. The van der Waals surface area contributed by atoms with Crippen LogP contribution >= 0.6 is 11.3 Å². The Morgan fingerprint density at radius 1 is 0.537 bits per heavy atom. The predicted molar refractivity (Wildman–Crippen MR) is 177 cm³/mol. The summed E-state index contributed by atoms with van der Waals surface area (Å²) in [7, 11) is 0. The van der Waals surface area contributed by atoms with Crippen molar-refractivity contribution in [2.75, 3.05) is 0 Å². The highest BCUT2D eigenvalue weighted by atomic mass is 32.1. The van der Waals surface area contributed by atoms with Gasteiger partial charge in [-0.2, -0.15) is 0 Å². The lowest BCUT2D eigenvalue weighted by Crippen LogP contribution is -2.14. The van der Waals surface area contributed by atoms with E-state index < -0.39 is 0 Å². The summed E-state index contributed by atoms with van der Waals surface area (Å²) >= 11 is 1.88. The topological polar surface area (TPSA) is 4.93 Å². The summed E-state index contributed by atoms with van der Waals surface area (Å²) in [4.78, 5) is 0. The van der Waals surface area contributed by atoms with Crippen LogP contribution in [0.25, 0.3) is 69.9 Å². The lowest BCUT2D eigenvalue weighted by molar-refractivity contribution is 0.660. The third-order valence-electron chi connectivity index (χ3n) is 9.22. The van der Waals surface area contributed by atoms with E-state index in [1.807, 2.05) is 11.3 Å². The Hall–Kier alpha value is -4.66. The van der Waals surface area contributed by atoms with Crippen molar-refractivity contribution in [1.82, 2.24) is 4.57 Å². The minimum absolute atomic E-state index is 0.000466. The van der Waals surface area contributed by atoms with Crippen LogP contribution in [0.3, 0.4) is 0 Å². The molecule has 0 unspecified atom stereocenters. The maximum absolute atomic E-state index is 2.47. The summed E-state index contributed by atoms with van der Waals surface area (Å²) in [5, 5.41) is 5.29. The van der Waals surface area contributed by atoms with Crippen molar-refractivity contribution in [3.8, 4) is 27.9 Å². The molecule has 1 aliphatic rings. The maximum atomic E-state index is 2.47. The minimum Gasteiger partial charge on any atom is -0.309 e. The van der Waals surface area contributed by atoms with E-state index in [4.69, 9.17) is 0 Å². The number of aromatic nitrogens is 1. The van der Waals surface area contributed by atoms with E-state index in [0.29, 0.717) is 0 Å². The molecule has 6 aromatic carbocycles. The molecule has 1 nitrogen and oxygen atoms in total. The number of thiophene rings is 1. The van der Waals surface area contributed by atoms with Crippen LogP contribution in [0, 0.1) is 0 Å². The average molecular weight is 542 g/mol. The quantitative estimate of drug-likeness (QED) is 0.205. The van der Waals surface area contributed by atoms with Crippen LogP contribution in [-0.2, 0) is 5.41 Å². The number of hydrogen-bond acceptors (Lipinski definition) is 1. The molecule has 2 heterocycles. The van der Waals surface area contributed by atoms with Crippen molar-refractivity contribution in [3.05, 3.63) is 139 Å². The molecular formula is C39H27NS. The largest absolute Gasteiger partial charge is 0.309 e. The van der Waals surface area contributed by atoms with Gasteiger partial charge in [0, 0.05) is 42.0 Å². The van der Waals surface area contributed by atoms with Crippen molar-refractivity contribution in [2.45, 2.75) is 19.3 Å². The Morgan fingerprint density at radius 3 is 2.12 bits per heavy atom. The van der Waals surface area contributed by atoms with Gasteiger partial charge in [0.15, 0.2) is 0 Å². The molecule has 0 N–H and O–H groups in total. The van der Waals surface area contributed by atoms with Gasteiger partial charge in [0.25, 0.3) is 0 Å². The minimum atomic E-state index is -0.000466. The van der Waals surface area contributed by atoms with Crippen molar-refractivity contribution in [2.24, 2.45) is 0 Å². The number of para-hydroxylation sites is 1. The van der Waals surface area contributed by atoms with Gasteiger partial charge < -0.3 is 4.57 Å². The van der Waals surface area contributed by atoms with E-state index in [9.17, 15) is 0 Å². The van der Waals surface area contributed by atoms with E-state index in [-0.39, 0.29) is 5.41 Å².